The summed E-state index contributed by atoms with van der Waals surface area (Å²) in [5.74, 6) is 0.399. The minimum atomic E-state index is -0.321. The fourth-order valence-electron chi connectivity index (χ4n) is 2.26. The van der Waals surface area contributed by atoms with E-state index in [1.165, 1.54) is 0 Å². The van der Waals surface area contributed by atoms with E-state index in [1.54, 1.807) is 19.2 Å². The topological polar surface area (TPSA) is 33.0 Å². The number of methoxy groups -OCH3 is 1. The first kappa shape index (κ1) is 15.7. The number of benzene rings is 2. The largest absolute Gasteiger partial charge is 0.496 e. The lowest BCUT2D eigenvalue weighted by Gasteiger charge is -2.15. The van der Waals surface area contributed by atoms with Crippen LogP contribution in [0.4, 0.5) is 0 Å². The van der Waals surface area contributed by atoms with E-state index in [1.807, 2.05) is 31.2 Å². The molecule has 0 spiro atoms. The number of hydrogen-bond donors (Lipinski definition) is 0. The van der Waals surface area contributed by atoms with Crippen LogP contribution in [0.1, 0.15) is 22.6 Å². The van der Waals surface area contributed by atoms with Gasteiger partial charge in [0, 0.05) is 15.6 Å². The second kappa shape index (κ2) is 6.85. The predicted molar refractivity (Wildman–Crippen MR) is 86.3 cm³/mol. The summed E-state index contributed by atoms with van der Waals surface area (Å²) < 4.78 is 5.36. The number of halogens is 2. The first-order chi connectivity index (χ1) is 10.0. The number of rotatable bonds is 4. The first-order valence-electron chi connectivity index (χ1n) is 6.53. The van der Waals surface area contributed by atoms with Crippen molar-refractivity contribution in [2.24, 2.45) is 0 Å². The van der Waals surface area contributed by atoms with E-state index in [9.17, 15) is 5.26 Å². The Morgan fingerprint density at radius 2 is 1.95 bits per heavy atom. The third-order valence-corrected chi connectivity index (χ3v) is 3.94. The lowest BCUT2D eigenvalue weighted by molar-refractivity contribution is 0.408. The summed E-state index contributed by atoms with van der Waals surface area (Å²) in [5.41, 5.74) is 2.87. The van der Waals surface area contributed by atoms with E-state index in [4.69, 9.17) is 27.9 Å². The zero-order valence-corrected chi connectivity index (χ0v) is 13.4. The number of hydrogen-bond acceptors (Lipinski definition) is 2. The van der Waals surface area contributed by atoms with Gasteiger partial charge >= 0.3 is 0 Å². The van der Waals surface area contributed by atoms with Crippen LogP contribution >= 0.6 is 23.2 Å². The Morgan fingerprint density at radius 3 is 2.57 bits per heavy atom. The summed E-state index contributed by atoms with van der Waals surface area (Å²) in [6, 6.07) is 13.5. The van der Waals surface area contributed by atoms with E-state index in [0.29, 0.717) is 16.5 Å². The maximum atomic E-state index is 9.52. The Kier molecular flexibility index (Phi) is 5.12. The van der Waals surface area contributed by atoms with Crippen LogP contribution in [-0.2, 0) is 6.42 Å². The molecule has 0 bridgehead atoms. The molecular weight excluding hydrogens is 305 g/mol. The smallest absolute Gasteiger partial charge is 0.123 e. The predicted octanol–water partition coefficient (Wildman–Crippen LogP) is 5.16. The fraction of sp³-hybridized carbons (Fsp3) is 0.235. The highest BCUT2D eigenvalue weighted by molar-refractivity contribution is 6.35. The first-order valence-corrected chi connectivity index (χ1v) is 7.29. The molecule has 0 aliphatic heterocycles. The van der Waals surface area contributed by atoms with Gasteiger partial charge in [-0.3, -0.25) is 0 Å². The van der Waals surface area contributed by atoms with Crippen molar-refractivity contribution < 1.29 is 4.74 Å². The molecule has 21 heavy (non-hydrogen) atoms. The molecule has 0 radical (unpaired) electrons. The van der Waals surface area contributed by atoms with Gasteiger partial charge in [0.05, 0.1) is 19.1 Å². The number of nitrogens with zero attached hydrogens (tertiary/aromatic N) is 1. The highest BCUT2D eigenvalue weighted by Gasteiger charge is 2.18. The molecule has 2 rings (SSSR count). The summed E-state index contributed by atoms with van der Waals surface area (Å²) in [6.07, 6.45) is 0.520. The van der Waals surface area contributed by atoms with Crippen LogP contribution in [-0.4, -0.2) is 7.11 Å². The van der Waals surface area contributed by atoms with Gasteiger partial charge in [-0.15, -0.1) is 0 Å². The molecule has 2 nitrogen and oxygen atoms in total. The van der Waals surface area contributed by atoms with Crippen molar-refractivity contribution >= 4 is 23.2 Å². The normalized spacial score (nSPS) is 11.8. The lowest BCUT2D eigenvalue weighted by Crippen LogP contribution is -2.04. The highest BCUT2D eigenvalue weighted by atomic mass is 35.5. The maximum Gasteiger partial charge on any atom is 0.123 e. The molecule has 0 aliphatic rings. The SMILES string of the molecule is COc1ccc(C)cc1C(C#N)Cc1ccc(Cl)cc1Cl. The summed E-state index contributed by atoms with van der Waals surface area (Å²) in [4.78, 5) is 0. The van der Waals surface area contributed by atoms with E-state index >= 15 is 0 Å². The summed E-state index contributed by atoms with van der Waals surface area (Å²) in [7, 11) is 1.61. The van der Waals surface area contributed by atoms with E-state index < -0.39 is 0 Å². The molecule has 1 unspecified atom stereocenters. The van der Waals surface area contributed by atoms with Crippen LogP contribution in [0.5, 0.6) is 5.75 Å². The van der Waals surface area contributed by atoms with Gasteiger partial charge in [-0.05, 0) is 37.1 Å². The highest BCUT2D eigenvalue weighted by Crippen LogP contribution is 2.32. The van der Waals surface area contributed by atoms with Gasteiger partial charge in [-0.2, -0.15) is 5.26 Å². The van der Waals surface area contributed by atoms with Crippen molar-refractivity contribution in [3.05, 3.63) is 63.1 Å². The average Bonchev–Trinajstić information content (AvgIpc) is 2.46. The van der Waals surface area contributed by atoms with Gasteiger partial charge < -0.3 is 4.74 Å². The molecule has 0 aliphatic carbocycles. The summed E-state index contributed by atoms with van der Waals surface area (Å²) in [6.45, 7) is 1.99. The van der Waals surface area contributed by atoms with E-state index in [0.717, 1.165) is 22.4 Å². The van der Waals surface area contributed by atoms with Crippen LogP contribution < -0.4 is 4.74 Å². The van der Waals surface area contributed by atoms with Gasteiger partial charge in [0.2, 0.25) is 0 Å². The maximum absolute atomic E-state index is 9.52. The minimum Gasteiger partial charge on any atom is -0.496 e. The van der Waals surface area contributed by atoms with Crippen LogP contribution in [0.15, 0.2) is 36.4 Å². The molecule has 0 saturated carbocycles. The molecule has 0 aromatic heterocycles. The van der Waals surface area contributed by atoms with Gasteiger partial charge in [0.1, 0.15) is 5.75 Å². The summed E-state index contributed by atoms with van der Waals surface area (Å²) >= 11 is 12.1. The van der Waals surface area contributed by atoms with Crippen LogP contribution in [0.3, 0.4) is 0 Å². The molecular formula is C17H15Cl2NO. The molecule has 0 amide bonds. The number of nitriles is 1. The molecule has 2 aromatic rings. The van der Waals surface area contributed by atoms with Crippen molar-refractivity contribution in [3.8, 4) is 11.8 Å². The van der Waals surface area contributed by atoms with Crippen molar-refractivity contribution in [1.29, 1.82) is 5.26 Å². The van der Waals surface area contributed by atoms with Crippen LogP contribution in [0, 0.1) is 18.3 Å². The monoisotopic (exact) mass is 319 g/mol. The Balaban J connectivity index is 2.37. The molecule has 4 heteroatoms. The van der Waals surface area contributed by atoms with Gasteiger partial charge in [0.25, 0.3) is 0 Å². The minimum absolute atomic E-state index is 0.321. The van der Waals surface area contributed by atoms with Crippen molar-refractivity contribution in [2.75, 3.05) is 7.11 Å². The molecule has 0 fully saturated rings. The zero-order valence-electron chi connectivity index (χ0n) is 11.9. The van der Waals surface area contributed by atoms with Crippen molar-refractivity contribution in [2.45, 2.75) is 19.3 Å². The van der Waals surface area contributed by atoms with Crippen LogP contribution in [0.2, 0.25) is 10.0 Å². The third kappa shape index (κ3) is 3.69. The molecule has 108 valence electrons. The Bertz CT molecular complexity index is 692. The Labute approximate surface area is 134 Å². The quantitative estimate of drug-likeness (QED) is 0.779. The standard InChI is InChI=1S/C17H15Cl2NO/c1-11-3-6-17(21-2)15(7-11)13(10-20)8-12-4-5-14(18)9-16(12)19/h3-7,9,13H,8H2,1-2H3. The third-order valence-electron chi connectivity index (χ3n) is 3.36. The number of aryl methyl sites for hydroxylation is 1. The van der Waals surface area contributed by atoms with Crippen molar-refractivity contribution in [1.82, 2.24) is 0 Å². The number of ether oxygens (including phenoxy) is 1. The second-order valence-electron chi connectivity index (χ2n) is 4.87. The lowest BCUT2D eigenvalue weighted by atomic mass is 9.91. The van der Waals surface area contributed by atoms with Crippen LogP contribution in [0.25, 0.3) is 0 Å². The summed E-state index contributed by atoms with van der Waals surface area (Å²) in [5, 5.41) is 10.7. The molecule has 0 N–H and O–H groups in total. The van der Waals surface area contributed by atoms with Gasteiger partial charge in [0.15, 0.2) is 0 Å². The Hall–Kier alpha value is -1.69. The zero-order chi connectivity index (χ0) is 15.4. The molecule has 1 atom stereocenters. The van der Waals surface area contributed by atoms with Crippen molar-refractivity contribution in [3.63, 3.8) is 0 Å². The average molecular weight is 320 g/mol. The molecule has 0 saturated heterocycles. The van der Waals surface area contributed by atoms with E-state index in [-0.39, 0.29) is 5.92 Å². The van der Waals surface area contributed by atoms with Gasteiger partial charge in [-0.25, -0.2) is 0 Å². The fourth-order valence-corrected chi connectivity index (χ4v) is 2.74. The molecule has 2 aromatic carbocycles. The second-order valence-corrected chi connectivity index (χ2v) is 5.71. The van der Waals surface area contributed by atoms with Gasteiger partial charge in [-0.1, -0.05) is 47.0 Å². The Morgan fingerprint density at radius 1 is 1.19 bits per heavy atom. The molecule has 0 heterocycles. The van der Waals surface area contributed by atoms with E-state index in [2.05, 4.69) is 6.07 Å².